The predicted octanol–water partition coefficient (Wildman–Crippen LogP) is 2.31. The molecule has 2 rings (SSSR count). The van der Waals surface area contributed by atoms with Crippen LogP contribution < -0.4 is 0 Å². The molecule has 0 bridgehead atoms. The van der Waals surface area contributed by atoms with E-state index in [1.165, 1.54) is 5.56 Å². The van der Waals surface area contributed by atoms with Crippen LogP contribution in [-0.2, 0) is 13.5 Å². The number of imidazole rings is 1. The number of aryl methyl sites for hydroxylation is 2. The van der Waals surface area contributed by atoms with Gasteiger partial charge in [0.15, 0.2) is 0 Å². The fourth-order valence-electron chi connectivity index (χ4n) is 2.01. The molecule has 0 amide bonds. The van der Waals surface area contributed by atoms with Crippen molar-refractivity contribution in [1.29, 1.82) is 0 Å². The Labute approximate surface area is 102 Å². The predicted molar refractivity (Wildman–Crippen MR) is 67.8 cm³/mol. The standard InChI is InChI=1S/C14H18N2O/c1-10-5-4-6-12(11(10)2)13(17)9-14-15-7-8-16(14)3/h4-8,13,17H,9H2,1-3H3. The van der Waals surface area contributed by atoms with Gasteiger partial charge in [0, 0.05) is 25.9 Å². The third kappa shape index (κ3) is 2.39. The van der Waals surface area contributed by atoms with Crippen molar-refractivity contribution in [3.63, 3.8) is 0 Å². The summed E-state index contributed by atoms with van der Waals surface area (Å²) in [5, 5.41) is 10.3. The van der Waals surface area contributed by atoms with E-state index in [0.717, 1.165) is 17.0 Å². The van der Waals surface area contributed by atoms with Crippen molar-refractivity contribution in [1.82, 2.24) is 9.55 Å². The second-order valence-electron chi connectivity index (χ2n) is 4.46. The maximum Gasteiger partial charge on any atom is 0.111 e. The molecule has 0 radical (unpaired) electrons. The Bertz CT molecular complexity index is 517. The molecule has 1 heterocycles. The van der Waals surface area contributed by atoms with Crippen LogP contribution in [0.2, 0.25) is 0 Å². The molecule has 0 aliphatic rings. The topological polar surface area (TPSA) is 38.1 Å². The molecule has 0 saturated heterocycles. The molecule has 90 valence electrons. The molecule has 1 N–H and O–H groups in total. The number of hydrogen-bond donors (Lipinski definition) is 1. The van der Waals surface area contributed by atoms with Gasteiger partial charge in [-0.2, -0.15) is 0 Å². The van der Waals surface area contributed by atoms with Gasteiger partial charge in [-0.15, -0.1) is 0 Å². The Morgan fingerprint density at radius 2 is 2.12 bits per heavy atom. The van der Waals surface area contributed by atoms with Gasteiger partial charge in [-0.05, 0) is 30.5 Å². The third-order valence-electron chi connectivity index (χ3n) is 3.30. The van der Waals surface area contributed by atoms with Gasteiger partial charge in [0.1, 0.15) is 5.82 Å². The summed E-state index contributed by atoms with van der Waals surface area (Å²) in [6.07, 6.45) is 3.71. The van der Waals surface area contributed by atoms with E-state index < -0.39 is 6.10 Å². The third-order valence-corrected chi connectivity index (χ3v) is 3.30. The average molecular weight is 230 g/mol. The van der Waals surface area contributed by atoms with Crippen molar-refractivity contribution < 1.29 is 5.11 Å². The summed E-state index contributed by atoms with van der Waals surface area (Å²) in [6.45, 7) is 4.11. The molecule has 2 aromatic rings. The summed E-state index contributed by atoms with van der Waals surface area (Å²) in [6, 6.07) is 6.03. The molecule has 0 aliphatic carbocycles. The van der Waals surface area contributed by atoms with Crippen molar-refractivity contribution in [3.05, 3.63) is 53.1 Å². The number of aliphatic hydroxyl groups excluding tert-OH is 1. The first kappa shape index (κ1) is 11.9. The zero-order valence-electron chi connectivity index (χ0n) is 10.5. The number of nitrogens with zero attached hydrogens (tertiary/aromatic N) is 2. The quantitative estimate of drug-likeness (QED) is 0.878. The van der Waals surface area contributed by atoms with Gasteiger partial charge in [-0.25, -0.2) is 4.98 Å². The molecule has 0 saturated carbocycles. The van der Waals surface area contributed by atoms with Crippen LogP contribution in [0.4, 0.5) is 0 Å². The van der Waals surface area contributed by atoms with E-state index in [1.807, 2.05) is 36.9 Å². The van der Waals surface area contributed by atoms with Gasteiger partial charge in [0.2, 0.25) is 0 Å². The van der Waals surface area contributed by atoms with Gasteiger partial charge < -0.3 is 9.67 Å². The maximum atomic E-state index is 10.3. The van der Waals surface area contributed by atoms with Crippen molar-refractivity contribution in [3.8, 4) is 0 Å². The Morgan fingerprint density at radius 3 is 2.76 bits per heavy atom. The molecule has 3 heteroatoms. The minimum atomic E-state index is -0.490. The lowest BCUT2D eigenvalue weighted by Crippen LogP contribution is -2.08. The van der Waals surface area contributed by atoms with Crippen molar-refractivity contribution >= 4 is 0 Å². The largest absolute Gasteiger partial charge is 0.388 e. The van der Waals surface area contributed by atoms with Crippen molar-refractivity contribution in [2.24, 2.45) is 7.05 Å². The highest BCUT2D eigenvalue weighted by molar-refractivity contribution is 5.34. The summed E-state index contributed by atoms with van der Waals surface area (Å²) in [4.78, 5) is 4.24. The summed E-state index contributed by atoms with van der Waals surface area (Å²) >= 11 is 0. The van der Waals surface area contributed by atoms with Crippen LogP contribution in [0.1, 0.15) is 28.6 Å². The minimum absolute atomic E-state index is 0.490. The summed E-state index contributed by atoms with van der Waals surface area (Å²) < 4.78 is 1.94. The molecule has 3 nitrogen and oxygen atoms in total. The van der Waals surface area contributed by atoms with Crippen LogP contribution in [0.3, 0.4) is 0 Å². The lowest BCUT2D eigenvalue weighted by atomic mass is 9.97. The molecular weight excluding hydrogens is 212 g/mol. The molecule has 0 fully saturated rings. The van der Waals surface area contributed by atoms with Gasteiger partial charge in [0.25, 0.3) is 0 Å². The lowest BCUT2D eigenvalue weighted by Gasteiger charge is -2.15. The molecule has 1 aromatic heterocycles. The Kier molecular flexibility index (Phi) is 3.29. The number of hydrogen-bond acceptors (Lipinski definition) is 2. The number of rotatable bonds is 3. The van der Waals surface area contributed by atoms with Crippen molar-refractivity contribution in [2.75, 3.05) is 0 Å². The Morgan fingerprint density at radius 1 is 1.35 bits per heavy atom. The molecule has 1 unspecified atom stereocenters. The summed E-state index contributed by atoms with van der Waals surface area (Å²) in [7, 11) is 1.94. The first-order valence-corrected chi connectivity index (χ1v) is 5.80. The zero-order chi connectivity index (χ0) is 12.4. The van der Waals surface area contributed by atoms with Gasteiger partial charge in [-0.1, -0.05) is 18.2 Å². The molecule has 0 aliphatic heterocycles. The van der Waals surface area contributed by atoms with E-state index in [0.29, 0.717) is 6.42 Å². The van der Waals surface area contributed by atoms with E-state index in [9.17, 15) is 5.11 Å². The summed E-state index contributed by atoms with van der Waals surface area (Å²) in [5.41, 5.74) is 3.36. The second kappa shape index (κ2) is 4.72. The normalized spacial score (nSPS) is 12.7. The zero-order valence-corrected chi connectivity index (χ0v) is 10.5. The number of aromatic nitrogens is 2. The van der Waals surface area contributed by atoms with E-state index in [1.54, 1.807) is 6.20 Å². The summed E-state index contributed by atoms with van der Waals surface area (Å²) in [5.74, 6) is 0.901. The molecular formula is C14H18N2O. The Hall–Kier alpha value is -1.61. The Balaban J connectivity index is 2.23. The van der Waals surface area contributed by atoms with E-state index in [4.69, 9.17) is 0 Å². The van der Waals surface area contributed by atoms with Crippen LogP contribution in [-0.4, -0.2) is 14.7 Å². The highest BCUT2D eigenvalue weighted by atomic mass is 16.3. The number of aliphatic hydroxyl groups is 1. The average Bonchev–Trinajstić information content (AvgIpc) is 2.68. The van der Waals surface area contributed by atoms with Gasteiger partial charge in [0.05, 0.1) is 6.10 Å². The molecule has 1 atom stereocenters. The first-order chi connectivity index (χ1) is 8.09. The van der Waals surface area contributed by atoms with Crippen LogP contribution in [0.5, 0.6) is 0 Å². The molecule has 0 spiro atoms. The van der Waals surface area contributed by atoms with Crippen LogP contribution in [0.15, 0.2) is 30.6 Å². The number of benzene rings is 1. The fraction of sp³-hybridized carbons (Fsp3) is 0.357. The highest BCUT2D eigenvalue weighted by Gasteiger charge is 2.14. The monoisotopic (exact) mass is 230 g/mol. The highest BCUT2D eigenvalue weighted by Crippen LogP contribution is 2.22. The first-order valence-electron chi connectivity index (χ1n) is 5.80. The smallest absolute Gasteiger partial charge is 0.111 e. The van der Waals surface area contributed by atoms with Crippen LogP contribution >= 0.6 is 0 Å². The van der Waals surface area contributed by atoms with E-state index >= 15 is 0 Å². The lowest BCUT2D eigenvalue weighted by molar-refractivity contribution is 0.174. The second-order valence-corrected chi connectivity index (χ2v) is 4.46. The molecule has 1 aromatic carbocycles. The van der Waals surface area contributed by atoms with Crippen LogP contribution in [0, 0.1) is 13.8 Å². The SMILES string of the molecule is Cc1cccc(C(O)Cc2nccn2C)c1C. The van der Waals surface area contributed by atoms with Gasteiger partial charge in [-0.3, -0.25) is 0 Å². The van der Waals surface area contributed by atoms with Crippen LogP contribution in [0.25, 0.3) is 0 Å². The van der Waals surface area contributed by atoms with E-state index in [-0.39, 0.29) is 0 Å². The van der Waals surface area contributed by atoms with Crippen molar-refractivity contribution in [2.45, 2.75) is 26.4 Å². The maximum absolute atomic E-state index is 10.3. The van der Waals surface area contributed by atoms with Gasteiger partial charge >= 0.3 is 0 Å². The fourth-order valence-corrected chi connectivity index (χ4v) is 2.01. The van der Waals surface area contributed by atoms with E-state index in [2.05, 4.69) is 18.0 Å². The minimum Gasteiger partial charge on any atom is -0.388 e. The molecule has 17 heavy (non-hydrogen) atoms.